The van der Waals surface area contributed by atoms with E-state index in [0.717, 1.165) is 23.4 Å². The Bertz CT molecular complexity index is 1580. The Morgan fingerprint density at radius 1 is 1.16 bits per heavy atom. The van der Waals surface area contributed by atoms with Gasteiger partial charge in [0.05, 0.1) is 31.1 Å². The minimum atomic E-state index is -4.27. The molecule has 238 valence electrons. The summed E-state index contributed by atoms with van der Waals surface area (Å²) in [5.41, 5.74) is 7.86. The van der Waals surface area contributed by atoms with Crippen molar-refractivity contribution in [3.05, 3.63) is 53.7 Å². The summed E-state index contributed by atoms with van der Waals surface area (Å²) in [6.45, 7) is 14.0. The van der Waals surface area contributed by atoms with Crippen LogP contribution in [0.3, 0.4) is 0 Å². The van der Waals surface area contributed by atoms with E-state index in [4.69, 9.17) is 25.2 Å². The molecule has 1 aliphatic heterocycles. The van der Waals surface area contributed by atoms with Crippen molar-refractivity contribution >= 4 is 33.4 Å². The van der Waals surface area contributed by atoms with Crippen molar-refractivity contribution in [1.82, 2.24) is 19.7 Å². The molecule has 1 amide bonds. The molecule has 4 rings (SSSR count). The number of rotatable bonds is 13. The average molecular weight is 626 g/mol. The van der Waals surface area contributed by atoms with Gasteiger partial charge in [-0.15, -0.1) is 0 Å². The van der Waals surface area contributed by atoms with Crippen molar-refractivity contribution in [2.24, 2.45) is 5.92 Å². The second-order valence-electron chi connectivity index (χ2n) is 11.5. The maximum atomic E-state index is 13.5. The topological polar surface area (TPSA) is 153 Å². The van der Waals surface area contributed by atoms with Crippen LogP contribution < -0.4 is 20.3 Å². The molecule has 0 spiro atoms. The SMILES string of the molecule is CCOCCOCCN(C)c1ncc(-c2ccc(C(=O)NS(=O)(=O)c3cccc(N)n3)c(N3CCC(C)C3(C)C)n2)cc1C. The van der Waals surface area contributed by atoms with Gasteiger partial charge in [-0.1, -0.05) is 13.0 Å². The maximum Gasteiger partial charge on any atom is 0.281 e. The zero-order chi connectivity index (χ0) is 32.1. The molecule has 1 atom stereocenters. The lowest BCUT2D eigenvalue weighted by Gasteiger charge is -2.36. The van der Waals surface area contributed by atoms with Crippen LogP contribution in [0.4, 0.5) is 17.5 Å². The van der Waals surface area contributed by atoms with E-state index in [-0.39, 0.29) is 21.9 Å². The normalized spacial score (nSPS) is 16.2. The lowest BCUT2D eigenvalue weighted by Crippen LogP contribution is -2.43. The summed E-state index contributed by atoms with van der Waals surface area (Å²) < 4.78 is 39.1. The van der Waals surface area contributed by atoms with Crippen LogP contribution in [-0.2, 0) is 19.5 Å². The largest absolute Gasteiger partial charge is 0.384 e. The number of nitrogen functional groups attached to an aromatic ring is 1. The molecule has 4 heterocycles. The second-order valence-corrected chi connectivity index (χ2v) is 13.1. The number of nitrogens with zero attached hydrogens (tertiary/aromatic N) is 5. The van der Waals surface area contributed by atoms with Crippen molar-refractivity contribution in [2.45, 2.75) is 51.6 Å². The first-order valence-electron chi connectivity index (χ1n) is 14.8. The van der Waals surface area contributed by atoms with Crippen molar-refractivity contribution in [1.29, 1.82) is 0 Å². The number of aromatic nitrogens is 3. The van der Waals surface area contributed by atoms with Gasteiger partial charge in [-0.2, -0.15) is 8.42 Å². The lowest BCUT2D eigenvalue weighted by atomic mass is 9.90. The quantitative estimate of drug-likeness (QED) is 0.268. The Balaban J connectivity index is 1.62. The number of sulfonamides is 1. The molecule has 13 heteroatoms. The van der Waals surface area contributed by atoms with Crippen LogP contribution in [0.15, 0.2) is 47.6 Å². The van der Waals surface area contributed by atoms with E-state index in [1.807, 2.05) is 31.9 Å². The zero-order valence-corrected chi connectivity index (χ0v) is 27.1. The van der Waals surface area contributed by atoms with Crippen LogP contribution >= 0.6 is 0 Å². The summed E-state index contributed by atoms with van der Waals surface area (Å²) in [7, 11) is -2.30. The van der Waals surface area contributed by atoms with Gasteiger partial charge in [-0.3, -0.25) is 4.79 Å². The number of carbonyl (C=O) groups is 1. The summed E-state index contributed by atoms with van der Waals surface area (Å²) in [5.74, 6) is 0.799. The highest BCUT2D eigenvalue weighted by Gasteiger charge is 2.41. The minimum absolute atomic E-state index is 0.0341. The molecule has 0 aliphatic carbocycles. The average Bonchev–Trinajstić information content (AvgIpc) is 3.25. The number of nitrogens with one attached hydrogen (secondary N) is 1. The Hall–Kier alpha value is -3.81. The van der Waals surface area contributed by atoms with Gasteiger partial charge >= 0.3 is 0 Å². The Kier molecular flexibility index (Phi) is 10.4. The van der Waals surface area contributed by atoms with Gasteiger partial charge in [0.25, 0.3) is 15.9 Å². The standard InChI is InChI=1S/C31H43N7O5S/c1-7-42-17-18-43-16-15-37(6)28-21(2)19-23(20-33-28)25-12-11-24(29(34-25)38-14-13-22(3)31(38,4)5)30(39)36-44(40,41)27-10-8-9-26(32)35-27/h8-12,19-20,22H,7,13-18H2,1-6H3,(H2,32,35)(H,36,39). The predicted molar refractivity (Wildman–Crippen MR) is 171 cm³/mol. The van der Waals surface area contributed by atoms with Crippen molar-refractivity contribution in [2.75, 3.05) is 62.1 Å². The number of nitrogens with two attached hydrogens (primary N) is 1. The number of hydrogen-bond donors (Lipinski definition) is 2. The summed E-state index contributed by atoms with van der Waals surface area (Å²) in [4.78, 5) is 31.2. The van der Waals surface area contributed by atoms with Gasteiger partial charge in [0.15, 0.2) is 5.03 Å². The van der Waals surface area contributed by atoms with E-state index in [0.29, 0.717) is 56.9 Å². The highest BCUT2D eigenvalue weighted by atomic mass is 32.2. The van der Waals surface area contributed by atoms with Gasteiger partial charge in [0.1, 0.15) is 17.5 Å². The number of carbonyl (C=O) groups excluding carboxylic acids is 1. The highest BCUT2D eigenvalue weighted by molar-refractivity contribution is 7.90. The van der Waals surface area contributed by atoms with Crippen LogP contribution in [-0.4, -0.2) is 81.4 Å². The Labute approximate surface area is 260 Å². The summed E-state index contributed by atoms with van der Waals surface area (Å²) >= 11 is 0. The summed E-state index contributed by atoms with van der Waals surface area (Å²) in [6.07, 6.45) is 2.66. The molecule has 44 heavy (non-hydrogen) atoms. The van der Waals surface area contributed by atoms with Gasteiger partial charge in [0.2, 0.25) is 0 Å². The first kappa shape index (κ1) is 33.1. The highest BCUT2D eigenvalue weighted by Crippen LogP contribution is 2.39. The second kappa shape index (κ2) is 13.9. The van der Waals surface area contributed by atoms with Crippen LogP contribution in [0.5, 0.6) is 0 Å². The summed E-state index contributed by atoms with van der Waals surface area (Å²) in [6, 6.07) is 9.55. The van der Waals surface area contributed by atoms with E-state index in [1.165, 1.54) is 18.2 Å². The fourth-order valence-electron chi connectivity index (χ4n) is 5.19. The van der Waals surface area contributed by atoms with Crippen LogP contribution in [0, 0.1) is 12.8 Å². The van der Waals surface area contributed by atoms with E-state index < -0.39 is 15.9 Å². The molecule has 3 N–H and O–H groups in total. The van der Waals surface area contributed by atoms with Crippen LogP contribution in [0.2, 0.25) is 0 Å². The number of pyridine rings is 3. The van der Waals surface area contributed by atoms with Gasteiger partial charge < -0.3 is 25.0 Å². The molecule has 1 aliphatic rings. The molecule has 0 radical (unpaired) electrons. The molecule has 0 saturated carbocycles. The molecule has 1 saturated heterocycles. The monoisotopic (exact) mass is 625 g/mol. The van der Waals surface area contributed by atoms with Crippen molar-refractivity contribution < 1.29 is 22.7 Å². The Morgan fingerprint density at radius 3 is 2.57 bits per heavy atom. The molecule has 0 aromatic carbocycles. The number of hydrogen-bond acceptors (Lipinski definition) is 11. The van der Waals surface area contributed by atoms with E-state index in [2.05, 4.69) is 35.4 Å². The van der Waals surface area contributed by atoms with Crippen LogP contribution in [0.1, 0.15) is 50.0 Å². The first-order valence-corrected chi connectivity index (χ1v) is 16.3. The molecule has 3 aromatic rings. The fraction of sp³-hybridized carbons (Fsp3) is 0.484. The molecule has 0 bridgehead atoms. The molecule has 3 aromatic heterocycles. The molecular weight excluding hydrogens is 582 g/mol. The summed E-state index contributed by atoms with van der Waals surface area (Å²) in [5, 5.41) is -0.337. The first-order chi connectivity index (χ1) is 20.8. The number of likely N-dealkylation sites (N-methyl/N-ethyl adjacent to an activating group) is 1. The zero-order valence-electron chi connectivity index (χ0n) is 26.3. The molecule has 1 fully saturated rings. The molecule has 1 unspecified atom stereocenters. The number of aryl methyl sites for hydroxylation is 1. The van der Waals surface area contributed by atoms with Gasteiger partial charge in [-0.25, -0.2) is 19.7 Å². The lowest BCUT2D eigenvalue weighted by molar-refractivity contribution is 0.0558. The predicted octanol–water partition coefficient (Wildman–Crippen LogP) is 3.66. The third kappa shape index (κ3) is 7.45. The van der Waals surface area contributed by atoms with E-state index in [9.17, 15) is 13.2 Å². The van der Waals surface area contributed by atoms with Gasteiger partial charge in [0, 0.05) is 44.0 Å². The number of amides is 1. The smallest absolute Gasteiger partial charge is 0.281 e. The molecule has 12 nitrogen and oxygen atoms in total. The van der Waals surface area contributed by atoms with Crippen LogP contribution in [0.25, 0.3) is 11.3 Å². The number of ether oxygens (including phenoxy) is 2. The van der Waals surface area contributed by atoms with Crippen molar-refractivity contribution in [3.8, 4) is 11.3 Å². The third-order valence-electron chi connectivity index (χ3n) is 8.17. The molecular formula is C31H43N7O5S. The third-order valence-corrected chi connectivity index (χ3v) is 9.40. The van der Waals surface area contributed by atoms with Gasteiger partial charge in [-0.05, 0) is 75.9 Å². The minimum Gasteiger partial charge on any atom is -0.384 e. The van der Waals surface area contributed by atoms with E-state index in [1.54, 1.807) is 18.3 Å². The number of anilines is 3. The fourth-order valence-corrected chi connectivity index (χ4v) is 6.13. The maximum absolute atomic E-state index is 13.5. The van der Waals surface area contributed by atoms with Crippen molar-refractivity contribution in [3.63, 3.8) is 0 Å². The van der Waals surface area contributed by atoms with E-state index >= 15 is 0 Å². The Morgan fingerprint density at radius 2 is 1.91 bits per heavy atom.